The Bertz CT molecular complexity index is 758. The third-order valence-corrected chi connectivity index (χ3v) is 5.45. The second-order valence-corrected chi connectivity index (χ2v) is 7.23. The Morgan fingerprint density at radius 3 is 2.92 bits per heavy atom. The predicted octanol–water partition coefficient (Wildman–Crippen LogP) is 2.21. The minimum Gasteiger partial charge on any atom is -0.488 e. The van der Waals surface area contributed by atoms with Gasteiger partial charge in [-0.05, 0) is 50.8 Å². The number of carbonyl (C=O) groups is 1. The van der Waals surface area contributed by atoms with Gasteiger partial charge in [-0.1, -0.05) is 0 Å². The van der Waals surface area contributed by atoms with E-state index in [0.29, 0.717) is 18.4 Å². The summed E-state index contributed by atoms with van der Waals surface area (Å²) < 4.78 is 7.94. The van der Waals surface area contributed by atoms with E-state index in [2.05, 4.69) is 10.1 Å². The number of pyridine rings is 1. The highest BCUT2D eigenvalue weighted by Crippen LogP contribution is 2.40. The number of aryl methyl sites for hydroxylation is 2. The molecule has 3 heterocycles. The van der Waals surface area contributed by atoms with Crippen LogP contribution >= 0.6 is 0 Å². The van der Waals surface area contributed by atoms with Crippen LogP contribution in [-0.2, 0) is 11.3 Å². The first-order valence-corrected chi connectivity index (χ1v) is 8.95. The molecule has 1 aliphatic carbocycles. The molecule has 2 fully saturated rings. The summed E-state index contributed by atoms with van der Waals surface area (Å²) in [6.45, 7) is 5.90. The molecule has 2 aromatic heterocycles. The lowest BCUT2D eigenvalue weighted by molar-refractivity contribution is -0.131. The number of likely N-dealkylation sites (tertiary alicyclic amines) is 1. The zero-order valence-corrected chi connectivity index (χ0v) is 14.8. The molecular formula is C19H24N4O2. The van der Waals surface area contributed by atoms with Crippen LogP contribution in [0.25, 0.3) is 0 Å². The van der Waals surface area contributed by atoms with Crippen molar-refractivity contribution in [3.63, 3.8) is 0 Å². The largest absolute Gasteiger partial charge is 0.488 e. The van der Waals surface area contributed by atoms with Crippen LogP contribution in [-0.4, -0.2) is 44.8 Å². The highest BCUT2D eigenvalue weighted by molar-refractivity contribution is 5.76. The van der Waals surface area contributed by atoms with Crippen molar-refractivity contribution in [2.45, 2.75) is 39.3 Å². The number of rotatable bonds is 4. The fraction of sp³-hybridized carbons (Fsp3) is 0.526. The van der Waals surface area contributed by atoms with E-state index in [1.165, 1.54) is 0 Å². The number of carbonyl (C=O) groups excluding carboxylic acids is 1. The van der Waals surface area contributed by atoms with Gasteiger partial charge in [-0.3, -0.25) is 14.5 Å². The number of nitrogens with zero attached hydrogens (tertiary/aromatic N) is 4. The Morgan fingerprint density at radius 1 is 1.32 bits per heavy atom. The van der Waals surface area contributed by atoms with E-state index in [0.717, 1.165) is 43.1 Å². The molecule has 3 atom stereocenters. The first-order valence-electron chi connectivity index (χ1n) is 8.95. The lowest BCUT2D eigenvalue weighted by Gasteiger charge is -2.22. The first-order chi connectivity index (χ1) is 12.1. The zero-order chi connectivity index (χ0) is 17.4. The number of aromatic nitrogens is 3. The van der Waals surface area contributed by atoms with E-state index in [4.69, 9.17) is 4.74 Å². The van der Waals surface area contributed by atoms with Crippen molar-refractivity contribution in [1.82, 2.24) is 19.7 Å². The van der Waals surface area contributed by atoms with Crippen LogP contribution in [0, 0.1) is 25.7 Å². The Kier molecular flexibility index (Phi) is 4.19. The van der Waals surface area contributed by atoms with Gasteiger partial charge in [0.1, 0.15) is 18.4 Å². The van der Waals surface area contributed by atoms with Crippen molar-refractivity contribution in [2.75, 3.05) is 13.1 Å². The summed E-state index contributed by atoms with van der Waals surface area (Å²) in [6.07, 6.45) is 5.87. The van der Waals surface area contributed by atoms with E-state index in [9.17, 15) is 4.79 Å². The number of ether oxygens (including phenoxy) is 1. The molecule has 4 rings (SSSR count). The Hall–Kier alpha value is -2.37. The fourth-order valence-electron chi connectivity index (χ4n) is 4.22. The number of amides is 1. The lowest BCUT2D eigenvalue weighted by atomic mass is 9.99. The van der Waals surface area contributed by atoms with Crippen LogP contribution in [0.1, 0.15) is 24.2 Å². The van der Waals surface area contributed by atoms with Gasteiger partial charge in [-0.2, -0.15) is 5.10 Å². The van der Waals surface area contributed by atoms with E-state index in [1.54, 1.807) is 17.1 Å². The van der Waals surface area contributed by atoms with Gasteiger partial charge < -0.3 is 9.64 Å². The number of hydrogen-bond donors (Lipinski definition) is 0. The van der Waals surface area contributed by atoms with Gasteiger partial charge in [-0.25, -0.2) is 0 Å². The molecule has 1 saturated heterocycles. The summed E-state index contributed by atoms with van der Waals surface area (Å²) >= 11 is 0. The Morgan fingerprint density at radius 2 is 2.20 bits per heavy atom. The topological polar surface area (TPSA) is 60.2 Å². The smallest absolute Gasteiger partial charge is 0.244 e. The summed E-state index contributed by atoms with van der Waals surface area (Å²) in [5, 5.41) is 4.40. The maximum absolute atomic E-state index is 12.7. The van der Waals surface area contributed by atoms with Crippen molar-refractivity contribution >= 4 is 5.91 Å². The summed E-state index contributed by atoms with van der Waals surface area (Å²) in [6, 6.07) is 5.84. The highest BCUT2D eigenvalue weighted by Gasteiger charge is 2.45. The fourth-order valence-corrected chi connectivity index (χ4v) is 4.22. The molecular weight excluding hydrogens is 316 g/mol. The first kappa shape index (κ1) is 16.1. The average Bonchev–Trinajstić information content (AvgIpc) is 3.25. The molecule has 0 unspecified atom stereocenters. The van der Waals surface area contributed by atoms with Crippen LogP contribution in [0.2, 0.25) is 0 Å². The molecule has 2 aromatic rings. The van der Waals surface area contributed by atoms with Crippen LogP contribution in [0.4, 0.5) is 0 Å². The molecule has 0 bridgehead atoms. The van der Waals surface area contributed by atoms with Crippen LogP contribution < -0.4 is 4.74 Å². The summed E-state index contributed by atoms with van der Waals surface area (Å²) in [5.74, 6) is 1.94. The molecule has 1 saturated carbocycles. The molecule has 0 N–H and O–H groups in total. The van der Waals surface area contributed by atoms with Crippen molar-refractivity contribution in [1.29, 1.82) is 0 Å². The highest BCUT2D eigenvalue weighted by atomic mass is 16.5. The van der Waals surface area contributed by atoms with Gasteiger partial charge in [0.05, 0.1) is 11.9 Å². The summed E-state index contributed by atoms with van der Waals surface area (Å²) in [7, 11) is 0. The Labute approximate surface area is 147 Å². The van der Waals surface area contributed by atoms with E-state index >= 15 is 0 Å². The standard InChI is InChI=1S/C19H24N4O2/c1-13-8-14(2)23(21-13)12-19(24)22-10-15-5-6-18(17(15)11-22)25-16-4-3-7-20-9-16/h3-4,7-9,15,17-18H,5-6,10-12H2,1-2H3/t15-,17+,18+/m1/s1. The van der Waals surface area contributed by atoms with E-state index in [-0.39, 0.29) is 12.0 Å². The van der Waals surface area contributed by atoms with E-state index in [1.807, 2.05) is 36.9 Å². The molecule has 1 aliphatic heterocycles. The van der Waals surface area contributed by atoms with Crippen LogP contribution in [0.15, 0.2) is 30.6 Å². The maximum Gasteiger partial charge on any atom is 0.244 e. The zero-order valence-electron chi connectivity index (χ0n) is 14.8. The van der Waals surface area contributed by atoms with E-state index < -0.39 is 0 Å². The monoisotopic (exact) mass is 340 g/mol. The van der Waals surface area contributed by atoms with Crippen molar-refractivity contribution in [2.24, 2.45) is 11.8 Å². The van der Waals surface area contributed by atoms with Crippen LogP contribution in [0.3, 0.4) is 0 Å². The summed E-state index contributed by atoms with van der Waals surface area (Å²) in [4.78, 5) is 18.8. The number of hydrogen-bond acceptors (Lipinski definition) is 4. The molecule has 0 aromatic carbocycles. The number of fused-ring (bicyclic) bond motifs is 1. The molecule has 132 valence electrons. The molecule has 2 aliphatic rings. The minimum atomic E-state index is 0.153. The third kappa shape index (κ3) is 3.25. The minimum absolute atomic E-state index is 0.153. The van der Waals surface area contributed by atoms with Gasteiger partial charge in [0.25, 0.3) is 0 Å². The molecule has 0 spiro atoms. The summed E-state index contributed by atoms with van der Waals surface area (Å²) in [5.41, 5.74) is 1.98. The third-order valence-electron chi connectivity index (χ3n) is 5.45. The molecule has 0 radical (unpaired) electrons. The predicted molar refractivity (Wildman–Crippen MR) is 93.1 cm³/mol. The van der Waals surface area contributed by atoms with Gasteiger partial charge in [0.15, 0.2) is 0 Å². The van der Waals surface area contributed by atoms with Gasteiger partial charge in [0.2, 0.25) is 5.91 Å². The van der Waals surface area contributed by atoms with Gasteiger partial charge in [-0.15, -0.1) is 0 Å². The van der Waals surface area contributed by atoms with Gasteiger partial charge >= 0.3 is 0 Å². The van der Waals surface area contributed by atoms with Crippen molar-refractivity contribution in [3.05, 3.63) is 42.0 Å². The second kappa shape index (κ2) is 6.50. The van der Waals surface area contributed by atoms with Gasteiger partial charge in [0, 0.05) is 30.9 Å². The van der Waals surface area contributed by atoms with Crippen molar-refractivity contribution < 1.29 is 9.53 Å². The quantitative estimate of drug-likeness (QED) is 0.856. The molecule has 6 nitrogen and oxygen atoms in total. The van der Waals surface area contributed by atoms with Crippen LogP contribution in [0.5, 0.6) is 5.75 Å². The maximum atomic E-state index is 12.7. The molecule has 6 heteroatoms. The normalized spacial score (nSPS) is 25.2. The molecule has 1 amide bonds. The lowest BCUT2D eigenvalue weighted by Crippen LogP contribution is -2.35. The van der Waals surface area contributed by atoms with Crippen molar-refractivity contribution in [3.8, 4) is 5.75 Å². The SMILES string of the molecule is Cc1cc(C)n(CC(=O)N2C[C@H]3CC[C@H](Oc4cccnc4)[C@H]3C2)n1. The molecule has 25 heavy (non-hydrogen) atoms. The average molecular weight is 340 g/mol. The second-order valence-electron chi connectivity index (χ2n) is 7.23. The Balaban J connectivity index is 1.39.